The number of halogens is 1. The van der Waals surface area contributed by atoms with Gasteiger partial charge in [0.1, 0.15) is 5.69 Å². The van der Waals surface area contributed by atoms with Gasteiger partial charge < -0.3 is 9.88 Å². The molecule has 2 heterocycles. The van der Waals surface area contributed by atoms with Gasteiger partial charge in [-0.25, -0.2) is 0 Å². The number of hydrogen-bond donors (Lipinski definition) is 1. The summed E-state index contributed by atoms with van der Waals surface area (Å²) in [5, 5.41) is 0. The van der Waals surface area contributed by atoms with Gasteiger partial charge >= 0.3 is 0 Å². The molecule has 1 aliphatic rings. The van der Waals surface area contributed by atoms with Gasteiger partial charge in [-0.2, -0.15) is 0 Å². The predicted molar refractivity (Wildman–Crippen MR) is 58.2 cm³/mol. The highest BCUT2D eigenvalue weighted by Gasteiger charge is 2.30. The van der Waals surface area contributed by atoms with Gasteiger partial charge in [-0.05, 0) is 5.92 Å². The van der Waals surface area contributed by atoms with E-state index in [9.17, 15) is 9.59 Å². The number of aromatic amines is 1. The van der Waals surface area contributed by atoms with E-state index in [2.05, 4.69) is 4.98 Å². The molecule has 1 fully saturated rings. The van der Waals surface area contributed by atoms with Gasteiger partial charge in [0.05, 0.1) is 0 Å². The van der Waals surface area contributed by atoms with E-state index in [1.54, 1.807) is 12.4 Å². The zero-order chi connectivity index (χ0) is 10.8. The summed E-state index contributed by atoms with van der Waals surface area (Å²) >= 11 is 5.70. The average Bonchev–Trinajstić information content (AvgIpc) is 2.60. The Balaban J connectivity index is 2.29. The zero-order valence-corrected chi connectivity index (χ0v) is 8.83. The van der Waals surface area contributed by atoms with E-state index >= 15 is 0 Å². The standard InChI is InChI=1S/C10H11ClN2O2/c11-4-7-3-10(15)13(6-7)8-5-12-2-1-9(8)14/h1-2,5,7H,3-4,6H2,(H,12,14). The molecular weight excluding hydrogens is 216 g/mol. The van der Waals surface area contributed by atoms with Crippen molar-refractivity contribution in [1.82, 2.24) is 4.98 Å². The molecule has 1 saturated heterocycles. The molecule has 1 atom stereocenters. The van der Waals surface area contributed by atoms with Crippen molar-refractivity contribution in [2.45, 2.75) is 6.42 Å². The maximum atomic E-state index is 11.6. The SMILES string of the molecule is O=C1CC(CCl)CN1c1c[nH]ccc1=O. The summed E-state index contributed by atoms with van der Waals surface area (Å²) in [5.74, 6) is 0.573. The molecule has 15 heavy (non-hydrogen) atoms. The van der Waals surface area contributed by atoms with Crippen molar-refractivity contribution >= 4 is 23.2 Å². The molecule has 1 amide bonds. The van der Waals surface area contributed by atoms with E-state index in [4.69, 9.17) is 11.6 Å². The molecule has 5 heteroatoms. The van der Waals surface area contributed by atoms with Crippen LogP contribution in [0, 0.1) is 5.92 Å². The van der Waals surface area contributed by atoms with Crippen molar-refractivity contribution in [3.63, 3.8) is 0 Å². The number of H-pyrrole nitrogens is 1. The van der Waals surface area contributed by atoms with Crippen LogP contribution in [-0.2, 0) is 4.79 Å². The van der Waals surface area contributed by atoms with Gasteiger partial charge in [0, 0.05) is 37.3 Å². The number of anilines is 1. The fourth-order valence-corrected chi connectivity index (χ4v) is 1.94. The maximum Gasteiger partial charge on any atom is 0.227 e. The monoisotopic (exact) mass is 226 g/mol. The highest BCUT2D eigenvalue weighted by Crippen LogP contribution is 2.22. The molecule has 4 nitrogen and oxygen atoms in total. The number of alkyl halides is 1. The fraction of sp³-hybridized carbons (Fsp3) is 0.400. The Labute approximate surface area is 91.9 Å². The van der Waals surface area contributed by atoms with E-state index in [-0.39, 0.29) is 17.3 Å². The van der Waals surface area contributed by atoms with Gasteiger partial charge in [0.25, 0.3) is 0 Å². The molecule has 0 aromatic carbocycles. The number of amides is 1. The number of carbonyl (C=O) groups excluding carboxylic acids is 1. The lowest BCUT2D eigenvalue weighted by Gasteiger charge is -2.14. The first-order valence-corrected chi connectivity index (χ1v) is 5.29. The molecule has 1 unspecified atom stereocenters. The second-order valence-corrected chi connectivity index (χ2v) is 3.93. The second kappa shape index (κ2) is 4.06. The van der Waals surface area contributed by atoms with Crippen molar-refractivity contribution in [1.29, 1.82) is 0 Å². The topological polar surface area (TPSA) is 53.2 Å². The first-order valence-electron chi connectivity index (χ1n) is 4.76. The van der Waals surface area contributed by atoms with Crippen LogP contribution in [0.25, 0.3) is 0 Å². The minimum atomic E-state index is -0.141. The first kappa shape index (κ1) is 10.2. The van der Waals surface area contributed by atoms with Crippen LogP contribution in [0.2, 0.25) is 0 Å². The van der Waals surface area contributed by atoms with Crippen molar-refractivity contribution < 1.29 is 4.79 Å². The van der Waals surface area contributed by atoms with Crippen LogP contribution in [0.5, 0.6) is 0 Å². The number of nitrogens with zero attached hydrogens (tertiary/aromatic N) is 1. The third kappa shape index (κ3) is 1.90. The smallest absolute Gasteiger partial charge is 0.227 e. The number of pyridine rings is 1. The Kier molecular flexibility index (Phi) is 2.77. The number of rotatable bonds is 2. The van der Waals surface area contributed by atoms with E-state index in [0.717, 1.165) is 0 Å². The van der Waals surface area contributed by atoms with Crippen LogP contribution in [0.1, 0.15) is 6.42 Å². The Hall–Kier alpha value is -1.29. The van der Waals surface area contributed by atoms with Crippen LogP contribution in [0.15, 0.2) is 23.3 Å². The van der Waals surface area contributed by atoms with Crippen LogP contribution in [0.4, 0.5) is 5.69 Å². The Morgan fingerprint density at radius 1 is 1.53 bits per heavy atom. The number of aromatic nitrogens is 1. The molecule has 1 N–H and O–H groups in total. The summed E-state index contributed by atoms with van der Waals surface area (Å²) in [5.41, 5.74) is 0.271. The van der Waals surface area contributed by atoms with Gasteiger partial charge in [-0.15, -0.1) is 11.6 Å². The molecular formula is C10H11ClN2O2. The molecule has 1 aromatic heterocycles. The fourth-order valence-electron chi connectivity index (χ4n) is 1.74. The maximum absolute atomic E-state index is 11.6. The second-order valence-electron chi connectivity index (χ2n) is 3.62. The van der Waals surface area contributed by atoms with E-state index in [0.29, 0.717) is 24.5 Å². The highest BCUT2D eigenvalue weighted by molar-refractivity contribution is 6.18. The largest absolute Gasteiger partial charge is 0.366 e. The lowest BCUT2D eigenvalue weighted by molar-refractivity contribution is -0.117. The normalized spacial score (nSPS) is 21.0. The third-order valence-electron chi connectivity index (χ3n) is 2.52. The number of carbonyl (C=O) groups is 1. The minimum Gasteiger partial charge on any atom is -0.366 e. The van der Waals surface area contributed by atoms with Gasteiger partial charge in [0.15, 0.2) is 0 Å². The summed E-state index contributed by atoms with van der Waals surface area (Å²) < 4.78 is 0. The van der Waals surface area contributed by atoms with Crippen molar-refractivity contribution in [2.75, 3.05) is 17.3 Å². The van der Waals surface area contributed by atoms with Crippen molar-refractivity contribution in [3.8, 4) is 0 Å². The molecule has 0 bridgehead atoms. The minimum absolute atomic E-state index is 0.0302. The van der Waals surface area contributed by atoms with E-state index in [1.165, 1.54) is 11.0 Å². The Morgan fingerprint density at radius 2 is 2.33 bits per heavy atom. The van der Waals surface area contributed by atoms with Crippen molar-refractivity contribution in [3.05, 3.63) is 28.7 Å². The molecule has 0 spiro atoms. The Morgan fingerprint density at radius 3 is 2.93 bits per heavy atom. The summed E-state index contributed by atoms with van der Waals surface area (Å²) in [4.78, 5) is 27.4. The summed E-state index contributed by atoms with van der Waals surface area (Å²) in [6, 6.07) is 1.41. The highest BCUT2D eigenvalue weighted by atomic mass is 35.5. The summed E-state index contributed by atoms with van der Waals surface area (Å²) in [7, 11) is 0. The lowest BCUT2D eigenvalue weighted by atomic mass is 10.1. The van der Waals surface area contributed by atoms with Crippen LogP contribution < -0.4 is 10.3 Å². The first-order chi connectivity index (χ1) is 7.22. The summed E-state index contributed by atoms with van der Waals surface area (Å²) in [6.07, 6.45) is 3.53. The molecule has 2 rings (SSSR count). The quantitative estimate of drug-likeness (QED) is 0.764. The molecule has 0 aliphatic carbocycles. The molecule has 1 aliphatic heterocycles. The van der Waals surface area contributed by atoms with Gasteiger partial charge in [-0.3, -0.25) is 9.59 Å². The third-order valence-corrected chi connectivity index (χ3v) is 2.95. The number of hydrogen-bond acceptors (Lipinski definition) is 2. The van der Waals surface area contributed by atoms with Gasteiger partial charge in [0.2, 0.25) is 11.3 Å². The van der Waals surface area contributed by atoms with Crippen LogP contribution in [0.3, 0.4) is 0 Å². The average molecular weight is 227 g/mol. The van der Waals surface area contributed by atoms with E-state index in [1.807, 2.05) is 0 Å². The van der Waals surface area contributed by atoms with Crippen LogP contribution in [-0.4, -0.2) is 23.3 Å². The zero-order valence-electron chi connectivity index (χ0n) is 8.07. The van der Waals surface area contributed by atoms with E-state index < -0.39 is 0 Å². The van der Waals surface area contributed by atoms with Crippen LogP contribution >= 0.6 is 11.6 Å². The van der Waals surface area contributed by atoms with Gasteiger partial charge in [-0.1, -0.05) is 0 Å². The van der Waals surface area contributed by atoms with Crippen molar-refractivity contribution in [2.24, 2.45) is 5.92 Å². The summed E-state index contributed by atoms with van der Waals surface area (Å²) in [6.45, 7) is 0.537. The molecule has 0 radical (unpaired) electrons. The predicted octanol–water partition coefficient (Wildman–Crippen LogP) is 0.967. The molecule has 80 valence electrons. The lowest BCUT2D eigenvalue weighted by Crippen LogP contribution is -2.29. The number of nitrogens with one attached hydrogen (secondary N) is 1. The molecule has 0 saturated carbocycles. The molecule has 1 aromatic rings. The Bertz CT molecular complexity index is 429.